The van der Waals surface area contributed by atoms with Crippen molar-refractivity contribution in [1.29, 1.82) is 0 Å². The topological polar surface area (TPSA) is 48.3 Å². The number of hydrogen-bond acceptors (Lipinski definition) is 4. The average Bonchev–Trinajstić information content (AvgIpc) is 2.71. The highest BCUT2D eigenvalue weighted by molar-refractivity contribution is 5.28. The van der Waals surface area contributed by atoms with Crippen LogP contribution in [0.5, 0.6) is 5.75 Å². The van der Waals surface area contributed by atoms with Crippen LogP contribution >= 0.6 is 0 Å². The zero-order valence-electron chi connectivity index (χ0n) is 11.2. The molecule has 1 unspecified atom stereocenters. The van der Waals surface area contributed by atoms with Gasteiger partial charge in [0, 0.05) is 13.7 Å². The normalized spacial score (nSPS) is 12.7. The molecule has 0 aliphatic heterocycles. The Balaban J connectivity index is 2.81. The van der Waals surface area contributed by atoms with Gasteiger partial charge in [-0.1, -0.05) is 6.92 Å². The van der Waals surface area contributed by atoms with Crippen LogP contribution in [-0.2, 0) is 11.8 Å². The molecule has 0 saturated heterocycles. The minimum Gasteiger partial charge on any atom is -0.493 e. The highest BCUT2D eigenvalue weighted by Gasteiger charge is 2.20. The first kappa shape index (κ1) is 14.0. The summed E-state index contributed by atoms with van der Waals surface area (Å²) in [5.41, 5.74) is 1.04. The Morgan fingerprint density at radius 3 is 2.82 bits per heavy atom. The van der Waals surface area contributed by atoms with Gasteiger partial charge in [0.15, 0.2) is 5.75 Å². The van der Waals surface area contributed by atoms with Crippen LogP contribution in [0.1, 0.15) is 32.0 Å². The van der Waals surface area contributed by atoms with E-state index in [0.717, 1.165) is 24.4 Å². The second-order valence-corrected chi connectivity index (χ2v) is 3.89. The number of rotatable bonds is 8. The molecule has 98 valence electrons. The zero-order valence-corrected chi connectivity index (χ0v) is 11.2. The van der Waals surface area contributed by atoms with Gasteiger partial charge in [-0.15, -0.1) is 0 Å². The van der Waals surface area contributed by atoms with Crippen molar-refractivity contribution in [3.05, 3.63) is 11.9 Å². The summed E-state index contributed by atoms with van der Waals surface area (Å²) in [6, 6.07) is 0.123. The standard InChI is InChI=1S/C12H23N3O2/c1-5-7-13-10(9-17-6-2)12-11(16-4)8-14-15(12)3/h8,10,13H,5-7,9H2,1-4H3. The number of methoxy groups -OCH3 is 1. The molecule has 0 aliphatic carbocycles. The van der Waals surface area contributed by atoms with E-state index in [1.807, 2.05) is 18.7 Å². The summed E-state index contributed by atoms with van der Waals surface area (Å²) in [4.78, 5) is 0. The monoisotopic (exact) mass is 241 g/mol. The van der Waals surface area contributed by atoms with E-state index in [1.54, 1.807) is 13.3 Å². The van der Waals surface area contributed by atoms with Crippen molar-refractivity contribution >= 4 is 0 Å². The van der Waals surface area contributed by atoms with E-state index in [1.165, 1.54) is 0 Å². The van der Waals surface area contributed by atoms with Gasteiger partial charge >= 0.3 is 0 Å². The van der Waals surface area contributed by atoms with Crippen LogP contribution in [0.3, 0.4) is 0 Å². The van der Waals surface area contributed by atoms with E-state index in [0.29, 0.717) is 13.2 Å². The fourth-order valence-electron chi connectivity index (χ4n) is 1.77. The van der Waals surface area contributed by atoms with Crippen molar-refractivity contribution in [2.24, 2.45) is 7.05 Å². The molecule has 0 fully saturated rings. The maximum absolute atomic E-state index is 5.51. The molecule has 1 aromatic heterocycles. The van der Waals surface area contributed by atoms with Gasteiger partial charge in [0.1, 0.15) is 0 Å². The van der Waals surface area contributed by atoms with Crippen LogP contribution in [0.4, 0.5) is 0 Å². The van der Waals surface area contributed by atoms with Crippen molar-refractivity contribution in [2.45, 2.75) is 26.3 Å². The molecule has 0 amide bonds. The van der Waals surface area contributed by atoms with E-state index < -0.39 is 0 Å². The number of nitrogens with zero attached hydrogens (tertiary/aromatic N) is 2. The van der Waals surface area contributed by atoms with Gasteiger partial charge in [-0.2, -0.15) is 5.10 Å². The van der Waals surface area contributed by atoms with Gasteiger partial charge in [0.2, 0.25) is 0 Å². The molecular formula is C12H23N3O2. The third-order valence-electron chi connectivity index (χ3n) is 2.63. The Hall–Kier alpha value is -1.07. The average molecular weight is 241 g/mol. The summed E-state index contributed by atoms with van der Waals surface area (Å²) in [6.07, 6.45) is 2.82. The Labute approximate surface area is 103 Å². The van der Waals surface area contributed by atoms with E-state index in [9.17, 15) is 0 Å². The Morgan fingerprint density at radius 1 is 1.47 bits per heavy atom. The van der Waals surface area contributed by atoms with Crippen LogP contribution in [0.2, 0.25) is 0 Å². The van der Waals surface area contributed by atoms with E-state index in [-0.39, 0.29) is 6.04 Å². The largest absolute Gasteiger partial charge is 0.493 e. The maximum Gasteiger partial charge on any atom is 0.161 e. The lowest BCUT2D eigenvalue weighted by molar-refractivity contribution is 0.119. The van der Waals surface area contributed by atoms with Gasteiger partial charge in [-0.05, 0) is 19.9 Å². The van der Waals surface area contributed by atoms with E-state index >= 15 is 0 Å². The molecule has 0 spiro atoms. The van der Waals surface area contributed by atoms with Crippen molar-refractivity contribution in [3.63, 3.8) is 0 Å². The highest BCUT2D eigenvalue weighted by atomic mass is 16.5. The lowest BCUT2D eigenvalue weighted by atomic mass is 10.2. The summed E-state index contributed by atoms with van der Waals surface area (Å²) < 4.78 is 12.7. The number of aryl methyl sites for hydroxylation is 1. The lowest BCUT2D eigenvalue weighted by Crippen LogP contribution is -2.28. The SMILES string of the molecule is CCCNC(COCC)c1c(OC)cnn1C. The molecule has 0 saturated carbocycles. The zero-order chi connectivity index (χ0) is 12.7. The van der Waals surface area contributed by atoms with Crippen LogP contribution < -0.4 is 10.1 Å². The first-order valence-corrected chi connectivity index (χ1v) is 6.11. The predicted molar refractivity (Wildman–Crippen MR) is 67.3 cm³/mol. The maximum atomic E-state index is 5.51. The summed E-state index contributed by atoms with van der Waals surface area (Å²) in [5, 5.41) is 7.68. The fourth-order valence-corrected chi connectivity index (χ4v) is 1.77. The van der Waals surface area contributed by atoms with Crippen molar-refractivity contribution in [1.82, 2.24) is 15.1 Å². The predicted octanol–water partition coefficient (Wildman–Crippen LogP) is 1.51. The molecule has 1 heterocycles. The Kier molecular flexibility index (Phi) is 6.00. The Bertz CT molecular complexity index is 318. The fraction of sp³-hybridized carbons (Fsp3) is 0.750. The van der Waals surface area contributed by atoms with Crippen molar-refractivity contribution in [3.8, 4) is 5.75 Å². The van der Waals surface area contributed by atoms with E-state index in [2.05, 4.69) is 17.3 Å². The van der Waals surface area contributed by atoms with Crippen molar-refractivity contribution in [2.75, 3.05) is 26.9 Å². The van der Waals surface area contributed by atoms with Gasteiger partial charge in [-0.3, -0.25) is 4.68 Å². The number of aromatic nitrogens is 2. The molecule has 1 aromatic rings. The summed E-state index contributed by atoms with van der Waals surface area (Å²) in [7, 11) is 3.59. The van der Waals surface area contributed by atoms with Crippen LogP contribution in [0.25, 0.3) is 0 Å². The molecule has 17 heavy (non-hydrogen) atoms. The Morgan fingerprint density at radius 2 is 2.24 bits per heavy atom. The lowest BCUT2D eigenvalue weighted by Gasteiger charge is -2.19. The third kappa shape index (κ3) is 3.71. The van der Waals surface area contributed by atoms with Crippen molar-refractivity contribution < 1.29 is 9.47 Å². The molecular weight excluding hydrogens is 218 g/mol. The summed E-state index contributed by atoms with van der Waals surface area (Å²) >= 11 is 0. The highest BCUT2D eigenvalue weighted by Crippen LogP contribution is 2.24. The summed E-state index contributed by atoms with van der Waals surface area (Å²) in [5.74, 6) is 0.806. The molecule has 5 nitrogen and oxygen atoms in total. The van der Waals surface area contributed by atoms with Crippen LogP contribution in [-0.4, -0.2) is 36.6 Å². The molecule has 1 atom stereocenters. The van der Waals surface area contributed by atoms with Gasteiger partial charge in [-0.25, -0.2) is 0 Å². The van der Waals surface area contributed by atoms with E-state index in [4.69, 9.17) is 9.47 Å². The second kappa shape index (κ2) is 7.29. The molecule has 5 heteroatoms. The third-order valence-corrected chi connectivity index (χ3v) is 2.63. The number of hydrogen-bond donors (Lipinski definition) is 1. The second-order valence-electron chi connectivity index (χ2n) is 3.89. The van der Waals surface area contributed by atoms with Gasteiger partial charge in [0.05, 0.1) is 31.6 Å². The minimum absolute atomic E-state index is 0.123. The molecule has 0 radical (unpaired) electrons. The molecule has 0 aliphatic rings. The quantitative estimate of drug-likeness (QED) is 0.749. The smallest absolute Gasteiger partial charge is 0.161 e. The minimum atomic E-state index is 0.123. The molecule has 0 aromatic carbocycles. The molecule has 0 bridgehead atoms. The van der Waals surface area contributed by atoms with Crippen LogP contribution in [0.15, 0.2) is 6.20 Å². The molecule has 1 rings (SSSR count). The number of ether oxygens (including phenoxy) is 2. The van der Waals surface area contributed by atoms with Gasteiger partial charge in [0.25, 0.3) is 0 Å². The first-order valence-electron chi connectivity index (χ1n) is 6.11. The summed E-state index contributed by atoms with van der Waals surface area (Å²) in [6.45, 7) is 6.44. The van der Waals surface area contributed by atoms with Gasteiger partial charge < -0.3 is 14.8 Å². The molecule has 1 N–H and O–H groups in total. The first-order chi connectivity index (χ1) is 8.24. The van der Waals surface area contributed by atoms with Crippen LogP contribution in [0, 0.1) is 0 Å². The number of nitrogens with one attached hydrogen (secondary N) is 1.